The minimum atomic E-state index is -0.375. The third kappa shape index (κ3) is 4.95. The molecule has 0 atom stereocenters. The van der Waals surface area contributed by atoms with E-state index in [1.165, 1.54) is 11.6 Å². The maximum Gasteiger partial charge on any atom is 0.272 e. The van der Waals surface area contributed by atoms with Gasteiger partial charge in [0.1, 0.15) is 17.3 Å². The van der Waals surface area contributed by atoms with Crippen LogP contribution >= 0.6 is 0 Å². The quantitative estimate of drug-likeness (QED) is 0.412. The summed E-state index contributed by atoms with van der Waals surface area (Å²) in [5.74, 6) is 0.216. The second-order valence-corrected chi connectivity index (χ2v) is 8.56. The molecule has 0 aliphatic carbocycles. The van der Waals surface area contributed by atoms with E-state index in [1.807, 2.05) is 47.4 Å². The van der Waals surface area contributed by atoms with Crippen LogP contribution in [0.2, 0.25) is 0 Å². The molecule has 2 heterocycles. The minimum absolute atomic E-state index is 0.115. The molecule has 1 aliphatic rings. The normalized spacial score (nSPS) is 14.2. The minimum Gasteiger partial charge on any atom is -0.497 e. The fourth-order valence-electron chi connectivity index (χ4n) is 4.37. The number of benzene rings is 3. The van der Waals surface area contributed by atoms with E-state index in [4.69, 9.17) is 4.74 Å². The molecular weight excluding hydrogens is 443 g/mol. The zero-order valence-electron chi connectivity index (χ0n) is 19.6. The summed E-state index contributed by atoms with van der Waals surface area (Å²) in [6.07, 6.45) is 0. The predicted molar refractivity (Wildman–Crippen MR) is 133 cm³/mol. The molecule has 0 spiro atoms. The van der Waals surface area contributed by atoms with E-state index in [0.717, 1.165) is 19.6 Å². The number of methoxy groups -OCH3 is 1. The van der Waals surface area contributed by atoms with Crippen LogP contribution in [0.4, 0.5) is 4.39 Å². The molecule has 0 saturated carbocycles. The van der Waals surface area contributed by atoms with Crippen molar-refractivity contribution in [3.05, 3.63) is 102 Å². The zero-order chi connectivity index (χ0) is 24.2. The Morgan fingerprint density at radius 3 is 2.29 bits per heavy atom. The summed E-state index contributed by atoms with van der Waals surface area (Å²) in [7, 11) is 1.60. The molecule has 178 valence electrons. The van der Waals surface area contributed by atoms with Gasteiger partial charge in [-0.2, -0.15) is 5.10 Å². The standard InChI is InChI=1S/C28H27FN4O2/c1-35-23-13-11-22(12-14-23)33-27(19-26(30-33)24-9-5-6-10-25(24)29)28(34)32-17-15-31(16-18-32)20-21-7-3-2-4-8-21/h2-14,19H,15-18,20H2,1H3. The van der Waals surface area contributed by atoms with E-state index < -0.39 is 0 Å². The van der Waals surface area contributed by atoms with Gasteiger partial charge in [-0.15, -0.1) is 0 Å². The molecule has 35 heavy (non-hydrogen) atoms. The van der Waals surface area contributed by atoms with Gasteiger partial charge in [-0.3, -0.25) is 9.69 Å². The largest absolute Gasteiger partial charge is 0.497 e. The van der Waals surface area contributed by atoms with Crippen LogP contribution in [0.5, 0.6) is 5.75 Å². The van der Waals surface area contributed by atoms with E-state index in [0.29, 0.717) is 41.5 Å². The van der Waals surface area contributed by atoms with Crippen molar-refractivity contribution in [2.75, 3.05) is 33.3 Å². The molecule has 1 fully saturated rings. The molecule has 7 heteroatoms. The lowest BCUT2D eigenvalue weighted by atomic mass is 10.1. The van der Waals surface area contributed by atoms with E-state index in [9.17, 15) is 9.18 Å². The highest BCUT2D eigenvalue weighted by molar-refractivity contribution is 5.94. The van der Waals surface area contributed by atoms with Gasteiger partial charge in [-0.05, 0) is 48.0 Å². The first-order valence-electron chi connectivity index (χ1n) is 11.7. The number of halogens is 1. The third-order valence-corrected chi connectivity index (χ3v) is 6.30. The second kappa shape index (κ2) is 10.1. The van der Waals surface area contributed by atoms with Gasteiger partial charge in [0.25, 0.3) is 5.91 Å². The summed E-state index contributed by atoms with van der Waals surface area (Å²) in [4.78, 5) is 17.8. The van der Waals surface area contributed by atoms with E-state index in [1.54, 1.807) is 36.1 Å². The highest BCUT2D eigenvalue weighted by Gasteiger charge is 2.26. The Morgan fingerprint density at radius 1 is 0.914 bits per heavy atom. The van der Waals surface area contributed by atoms with Crippen molar-refractivity contribution >= 4 is 5.91 Å². The van der Waals surface area contributed by atoms with Gasteiger partial charge in [0.2, 0.25) is 0 Å². The average molecular weight is 471 g/mol. The maximum atomic E-state index is 14.5. The highest BCUT2D eigenvalue weighted by Crippen LogP contribution is 2.26. The molecular formula is C28H27FN4O2. The lowest BCUT2D eigenvalue weighted by Gasteiger charge is -2.34. The molecule has 0 N–H and O–H groups in total. The van der Waals surface area contributed by atoms with Crippen LogP contribution in [0.15, 0.2) is 84.9 Å². The highest BCUT2D eigenvalue weighted by atomic mass is 19.1. The zero-order valence-corrected chi connectivity index (χ0v) is 19.6. The number of aromatic nitrogens is 2. The molecule has 3 aromatic carbocycles. The Bertz CT molecular complexity index is 1300. The number of rotatable bonds is 6. The van der Waals surface area contributed by atoms with Crippen molar-refractivity contribution < 1.29 is 13.9 Å². The van der Waals surface area contributed by atoms with Gasteiger partial charge in [-0.1, -0.05) is 42.5 Å². The molecule has 1 saturated heterocycles. The van der Waals surface area contributed by atoms with Crippen LogP contribution in [-0.4, -0.2) is 58.8 Å². The van der Waals surface area contributed by atoms with Crippen molar-refractivity contribution in [2.45, 2.75) is 6.54 Å². The van der Waals surface area contributed by atoms with Crippen LogP contribution in [0.3, 0.4) is 0 Å². The number of nitrogens with zero attached hydrogens (tertiary/aromatic N) is 4. The first kappa shape index (κ1) is 22.8. The topological polar surface area (TPSA) is 50.6 Å². The number of hydrogen-bond acceptors (Lipinski definition) is 4. The Balaban J connectivity index is 1.40. The summed E-state index contributed by atoms with van der Waals surface area (Å²) in [5.41, 5.74) is 3.16. The molecule has 5 rings (SSSR count). The van der Waals surface area contributed by atoms with Gasteiger partial charge in [0.05, 0.1) is 18.5 Å². The van der Waals surface area contributed by atoms with Crippen molar-refractivity contribution in [1.82, 2.24) is 19.6 Å². The smallest absolute Gasteiger partial charge is 0.272 e. The third-order valence-electron chi connectivity index (χ3n) is 6.30. The summed E-state index contributed by atoms with van der Waals surface area (Å²) in [6, 6.07) is 25.8. The Labute approximate surface area is 204 Å². The number of carbonyl (C=O) groups excluding carboxylic acids is 1. The van der Waals surface area contributed by atoms with Crippen LogP contribution < -0.4 is 4.74 Å². The van der Waals surface area contributed by atoms with Crippen molar-refractivity contribution in [3.63, 3.8) is 0 Å². The Kier molecular flexibility index (Phi) is 6.59. The van der Waals surface area contributed by atoms with Gasteiger partial charge in [-0.25, -0.2) is 9.07 Å². The molecule has 1 aromatic heterocycles. The van der Waals surface area contributed by atoms with Crippen molar-refractivity contribution in [2.24, 2.45) is 0 Å². The average Bonchev–Trinajstić information content (AvgIpc) is 3.35. The van der Waals surface area contributed by atoms with Crippen LogP contribution in [0.1, 0.15) is 16.1 Å². The molecule has 0 unspecified atom stereocenters. The molecule has 1 aliphatic heterocycles. The molecule has 6 nitrogen and oxygen atoms in total. The summed E-state index contributed by atoms with van der Waals surface area (Å²) in [5, 5.41) is 4.63. The van der Waals surface area contributed by atoms with E-state index in [2.05, 4.69) is 22.1 Å². The monoisotopic (exact) mass is 470 g/mol. The molecule has 0 bridgehead atoms. The predicted octanol–water partition coefficient (Wildman–Crippen LogP) is 4.65. The van der Waals surface area contributed by atoms with Gasteiger partial charge < -0.3 is 9.64 Å². The van der Waals surface area contributed by atoms with Crippen LogP contribution in [0, 0.1) is 5.82 Å². The lowest BCUT2D eigenvalue weighted by Crippen LogP contribution is -2.48. The summed E-state index contributed by atoms with van der Waals surface area (Å²) in [6.45, 7) is 3.68. The van der Waals surface area contributed by atoms with Gasteiger partial charge >= 0.3 is 0 Å². The summed E-state index contributed by atoms with van der Waals surface area (Å²) < 4.78 is 21.4. The van der Waals surface area contributed by atoms with Crippen molar-refractivity contribution in [3.8, 4) is 22.7 Å². The number of amides is 1. The number of piperazine rings is 1. The molecule has 4 aromatic rings. The lowest BCUT2D eigenvalue weighted by molar-refractivity contribution is 0.0619. The number of hydrogen-bond donors (Lipinski definition) is 0. The number of carbonyl (C=O) groups is 1. The fraction of sp³-hybridized carbons (Fsp3) is 0.214. The van der Waals surface area contributed by atoms with Crippen LogP contribution in [-0.2, 0) is 6.54 Å². The van der Waals surface area contributed by atoms with Crippen molar-refractivity contribution in [1.29, 1.82) is 0 Å². The Hall–Kier alpha value is -3.97. The molecule has 1 amide bonds. The van der Waals surface area contributed by atoms with Crippen LogP contribution in [0.25, 0.3) is 16.9 Å². The summed E-state index contributed by atoms with van der Waals surface area (Å²) >= 11 is 0. The van der Waals surface area contributed by atoms with Gasteiger partial charge in [0.15, 0.2) is 0 Å². The van der Waals surface area contributed by atoms with Gasteiger partial charge in [0, 0.05) is 38.3 Å². The fourth-order valence-corrected chi connectivity index (χ4v) is 4.37. The van der Waals surface area contributed by atoms with E-state index in [-0.39, 0.29) is 11.7 Å². The Morgan fingerprint density at radius 2 is 1.60 bits per heavy atom. The second-order valence-electron chi connectivity index (χ2n) is 8.56. The first-order chi connectivity index (χ1) is 17.1. The SMILES string of the molecule is COc1ccc(-n2nc(-c3ccccc3F)cc2C(=O)N2CCN(Cc3ccccc3)CC2)cc1. The maximum absolute atomic E-state index is 14.5. The number of ether oxygens (including phenoxy) is 1. The first-order valence-corrected chi connectivity index (χ1v) is 11.7. The van der Waals surface area contributed by atoms with E-state index >= 15 is 0 Å². The molecule has 0 radical (unpaired) electrons.